The van der Waals surface area contributed by atoms with Crippen molar-refractivity contribution >= 4 is 22.8 Å². The van der Waals surface area contributed by atoms with Crippen LogP contribution in [0.4, 0.5) is 0 Å². The summed E-state index contributed by atoms with van der Waals surface area (Å²) >= 11 is 0. The molecule has 1 aliphatic carbocycles. The number of nitrogens with zero attached hydrogens (tertiary/aromatic N) is 5. The summed E-state index contributed by atoms with van der Waals surface area (Å²) in [6, 6.07) is 11.8. The molecule has 0 spiro atoms. The summed E-state index contributed by atoms with van der Waals surface area (Å²) in [5.74, 6) is 0.451. The maximum atomic E-state index is 13.5. The zero-order valence-electron chi connectivity index (χ0n) is 17.8. The number of aryl methyl sites for hydroxylation is 1. The topological polar surface area (TPSA) is 71.3 Å². The number of rotatable bonds is 4. The van der Waals surface area contributed by atoms with Gasteiger partial charge in [0.1, 0.15) is 0 Å². The van der Waals surface area contributed by atoms with E-state index in [1.54, 1.807) is 6.20 Å². The van der Waals surface area contributed by atoms with Crippen LogP contribution in [-0.4, -0.2) is 62.6 Å². The molecule has 7 nitrogen and oxygen atoms in total. The lowest BCUT2D eigenvalue weighted by molar-refractivity contribution is -0.139. The molecule has 1 aromatic carbocycles. The van der Waals surface area contributed by atoms with Crippen molar-refractivity contribution < 1.29 is 9.59 Å². The zero-order valence-corrected chi connectivity index (χ0v) is 17.8. The third kappa shape index (κ3) is 3.58. The molecule has 1 saturated heterocycles. The molecule has 0 unspecified atom stereocenters. The third-order valence-electron chi connectivity index (χ3n) is 6.54. The van der Waals surface area contributed by atoms with Gasteiger partial charge in [-0.3, -0.25) is 9.59 Å². The minimum absolute atomic E-state index is 0.0176. The van der Waals surface area contributed by atoms with Crippen LogP contribution in [0.5, 0.6) is 0 Å². The van der Waals surface area contributed by atoms with E-state index in [2.05, 4.69) is 5.10 Å². The lowest BCUT2D eigenvalue weighted by Crippen LogP contribution is -2.52. The summed E-state index contributed by atoms with van der Waals surface area (Å²) in [6.07, 6.45) is 4.92. The number of pyridine rings is 1. The SMILES string of the molecule is CCn1ncc2c(C(=O)N3CCN(C(=O)C4CCC4)CC3)cc(-c3ccccc3)nc21. The Kier molecular flexibility index (Phi) is 5.18. The molecule has 0 N–H and O–H groups in total. The van der Waals surface area contributed by atoms with Gasteiger partial charge in [-0.15, -0.1) is 0 Å². The minimum atomic E-state index is -0.0176. The second-order valence-electron chi connectivity index (χ2n) is 8.36. The van der Waals surface area contributed by atoms with Crippen LogP contribution in [0.3, 0.4) is 0 Å². The van der Waals surface area contributed by atoms with Gasteiger partial charge >= 0.3 is 0 Å². The Morgan fingerprint density at radius 2 is 1.74 bits per heavy atom. The number of fused-ring (bicyclic) bond motifs is 1. The molecule has 2 amide bonds. The minimum Gasteiger partial charge on any atom is -0.339 e. The van der Waals surface area contributed by atoms with Crippen molar-refractivity contribution in [3.05, 3.63) is 48.2 Å². The average molecular weight is 418 g/mol. The van der Waals surface area contributed by atoms with Crippen molar-refractivity contribution in [3.63, 3.8) is 0 Å². The molecule has 7 heteroatoms. The van der Waals surface area contributed by atoms with Crippen LogP contribution < -0.4 is 0 Å². The predicted octanol–water partition coefficient (Wildman–Crippen LogP) is 3.20. The average Bonchev–Trinajstić information content (AvgIpc) is 3.20. The van der Waals surface area contributed by atoms with Gasteiger partial charge in [-0.1, -0.05) is 36.8 Å². The molecule has 31 heavy (non-hydrogen) atoms. The van der Waals surface area contributed by atoms with E-state index in [0.29, 0.717) is 38.3 Å². The number of carbonyl (C=O) groups is 2. The van der Waals surface area contributed by atoms with Crippen LogP contribution in [0.15, 0.2) is 42.6 Å². The van der Waals surface area contributed by atoms with E-state index in [1.165, 1.54) is 0 Å². The van der Waals surface area contributed by atoms with Gasteiger partial charge in [-0.25, -0.2) is 9.67 Å². The van der Waals surface area contributed by atoms with E-state index < -0.39 is 0 Å². The molecule has 2 aromatic heterocycles. The Balaban J connectivity index is 1.43. The summed E-state index contributed by atoms with van der Waals surface area (Å²) in [4.78, 5) is 34.7. The first-order valence-electron chi connectivity index (χ1n) is 11.2. The Labute approximate surface area is 181 Å². The molecule has 0 radical (unpaired) electrons. The number of aromatic nitrogens is 3. The monoisotopic (exact) mass is 417 g/mol. The second-order valence-corrected chi connectivity index (χ2v) is 8.36. The predicted molar refractivity (Wildman–Crippen MR) is 118 cm³/mol. The van der Waals surface area contributed by atoms with Gasteiger partial charge in [0.25, 0.3) is 5.91 Å². The van der Waals surface area contributed by atoms with E-state index in [-0.39, 0.29) is 17.7 Å². The van der Waals surface area contributed by atoms with Gasteiger partial charge in [0.2, 0.25) is 5.91 Å². The molecule has 3 aromatic rings. The first-order valence-corrected chi connectivity index (χ1v) is 11.2. The van der Waals surface area contributed by atoms with Gasteiger partial charge in [0.05, 0.1) is 22.8 Å². The van der Waals surface area contributed by atoms with Gasteiger partial charge in [0.15, 0.2) is 5.65 Å². The van der Waals surface area contributed by atoms with Crippen molar-refractivity contribution in [2.75, 3.05) is 26.2 Å². The fourth-order valence-electron chi connectivity index (χ4n) is 4.43. The third-order valence-corrected chi connectivity index (χ3v) is 6.54. The van der Waals surface area contributed by atoms with Crippen molar-refractivity contribution in [2.45, 2.75) is 32.7 Å². The van der Waals surface area contributed by atoms with Crippen LogP contribution in [0.25, 0.3) is 22.3 Å². The second kappa shape index (κ2) is 8.13. The fourth-order valence-corrected chi connectivity index (χ4v) is 4.43. The maximum Gasteiger partial charge on any atom is 0.254 e. The van der Waals surface area contributed by atoms with Gasteiger partial charge < -0.3 is 9.80 Å². The van der Waals surface area contributed by atoms with E-state index in [0.717, 1.165) is 41.6 Å². The van der Waals surface area contributed by atoms with Crippen molar-refractivity contribution in [1.29, 1.82) is 0 Å². The van der Waals surface area contributed by atoms with Gasteiger partial charge in [0, 0.05) is 44.2 Å². The molecule has 2 aliphatic rings. The highest BCUT2D eigenvalue weighted by atomic mass is 16.2. The highest BCUT2D eigenvalue weighted by Gasteiger charge is 2.32. The fraction of sp³-hybridized carbons (Fsp3) is 0.417. The molecule has 160 valence electrons. The molecule has 2 fully saturated rings. The van der Waals surface area contributed by atoms with E-state index in [9.17, 15) is 9.59 Å². The number of hydrogen-bond donors (Lipinski definition) is 0. The molecule has 0 bridgehead atoms. The largest absolute Gasteiger partial charge is 0.339 e. The molecule has 3 heterocycles. The normalized spacial score (nSPS) is 17.1. The van der Waals surface area contributed by atoms with Crippen molar-refractivity contribution in [1.82, 2.24) is 24.6 Å². The quantitative estimate of drug-likeness (QED) is 0.654. The molecule has 0 atom stereocenters. The zero-order chi connectivity index (χ0) is 21.4. The number of benzene rings is 1. The van der Waals surface area contributed by atoms with Crippen LogP contribution in [0.1, 0.15) is 36.5 Å². The molecular formula is C24H27N5O2. The highest BCUT2D eigenvalue weighted by molar-refractivity contribution is 6.06. The number of piperazine rings is 1. The molecule has 5 rings (SSSR count). The Bertz CT molecular complexity index is 1110. The number of hydrogen-bond acceptors (Lipinski definition) is 4. The van der Waals surface area contributed by atoms with Crippen LogP contribution in [-0.2, 0) is 11.3 Å². The first kappa shape index (κ1) is 19.7. The standard InChI is InChI=1S/C24H27N5O2/c1-2-29-22-20(16-25-29)19(15-21(26-22)17-7-4-3-5-8-17)24(31)28-13-11-27(12-14-28)23(30)18-9-6-10-18/h3-5,7-8,15-16,18H,2,6,9-14H2,1H3. The summed E-state index contributed by atoms with van der Waals surface area (Å²) in [5, 5.41) is 5.22. The van der Waals surface area contributed by atoms with Gasteiger partial charge in [-0.2, -0.15) is 5.10 Å². The van der Waals surface area contributed by atoms with Crippen LogP contribution >= 0.6 is 0 Å². The van der Waals surface area contributed by atoms with E-state index in [1.807, 2.05) is 57.8 Å². The number of carbonyl (C=O) groups excluding carboxylic acids is 2. The van der Waals surface area contributed by atoms with Crippen LogP contribution in [0.2, 0.25) is 0 Å². The van der Waals surface area contributed by atoms with E-state index in [4.69, 9.17) is 4.98 Å². The smallest absolute Gasteiger partial charge is 0.254 e. The summed E-state index contributed by atoms with van der Waals surface area (Å²) in [5.41, 5.74) is 3.09. The molecule has 1 aliphatic heterocycles. The number of amides is 2. The molecular weight excluding hydrogens is 390 g/mol. The maximum absolute atomic E-state index is 13.5. The Morgan fingerprint density at radius 3 is 2.39 bits per heavy atom. The summed E-state index contributed by atoms with van der Waals surface area (Å²) in [7, 11) is 0. The van der Waals surface area contributed by atoms with Crippen LogP contribution in [0, 0.1) is 5.92 Å². The van der Waals surface area contributed by atoms with E-state index >= 15 is 0 Å². The Morgan fingerprint density at radius 1 is 1.03 bits per heavy atom. The lowest BCUT2D eigenvalue weighted by Gasteiger charge is -2.38. The lowest BCUT2D eigenvalue weighted by atomic mass is 9.84. The highest BCUT2D eigenvalue weighted by Crippen LogP contribution is 2.29. The van der Waals surface area contributed by atoms with Gasteiger partial charge in [-0.05, 0) is 25.8 Å². The van der Waals surface area contributed by atoms with Crippen molar-refractivity contribution in [2.24, 2.45) is 5.92 Å². The first-order chi connectivity index (χ1) is 15.2. The summed E-state index contributed by atoms with van der Waals surface area (Å²) < 4.78 is 1.83. The Hall–Kier alpha value is -3.22. The molecule has 1 saturated carbocycles. The van der Waals surface area contributed by atoms with Crippen molar-refractivity contribution in [3.8, 4) is 11.3 Å². The summed E-state index contributed by atoms with van der Waals surface area (Å²) in [6.45, 7) is 5.03.